The first kappa shape index (κ1) is 12.2. The van der Waals surface area contributed by atoms with Gasteiger partial charge in [0.05, 0.1) is 7.11 Å². The molecule has 0 bridgehead atoms. The Balaban J connectivity index is 2.93. The lowest BCUT2D eigenvalue weighted by Gasteiger charge is -2.24. The molecule has 1 aliphatic rings. The highest BCUT2D eigenvalue weighted by Gasteiger charge is 2.24. The minimum Gasteiger partial charge on any atom is -0.497 e. The molecule has 0 heterocycles. The molecule has 0 aromatic rings. The van der Waals surface area contributed by atoms with Gasteiger partial charge in [-0.25, -0.2) is 0 Å². The molecule has 0 fully saturated rings. The predicted molar refractivity (Wildman–Crippen MR) is 64.4 cm³/mol. The third-order valence-corrected chi connectivity index (χ3v) is 4.07. The van der Waals surface area contributed by atoms with Crippen LogP contribution in [0.3, 0.4) is 0 Å². The van der Waals surface area contributed by atoms with E-state index in [4.69, 9.17) is 4.74 Å². The van der Waals surface area contributed by atoms with Crippen molar-refractivity contribution in [1.29, 1.82) is 0 Å². The summed E-state index contributed by atoms with van der Waals surface area (Å²) in [4.78, 5) is 3.98. The van der Waals surface area contributed by atoms with E-state index in [2.05, 4.69) is 18.3 Å². The number of hydrogen-bond acceptors (Lipinski definition) is 3. The second-order valence-corrected chi connectivity index (χ2v) is 5.24. The highest BCUT2D eigenvalue weighted by atomic mass is 32.2. The van der Waals surface area contributed by atoms with Gasteiger partial charge in [-0.1, -0.05) is 6.58 Å². The monoisotopic (exact) mass is 227 g/mol. The van der Waals surface area contributed by atoms with Gasteiger partial charge in [0.1, 0.15) is 5.76 Å². The van der Waals surface area contributed by atoms with Crippen LogP contribution in [0.4, 0.5) is 0 Å². The molecule has 84 valence electrons. The van der Waals surface area contributed by atoms with Crippen molar-refractivity contribution in [3.63, 3.8) is 0 Å². The third kappa shape index (κ3) is 2.78. The van der Waals surface area contributed by atoms with E-state index in [-0.39, 0.29) is 5.25 Å². The topological polar surface area (TPSA) is 38.7 Å². The Morgan fingerprint density at radius 2 is 2.33 bits per heavy atom. The zero-order chi connectivity index (χ0) is 11.4. The lowest BCUT2D eigenvalue weighted by Crippen LogP contribution is -2.20. The second-order valence-electron chi connectivity index (χ2n) is 3.57. The minimum absolute atomic E-state index is 0.192. The van der Waals surface area contributed by atoms with Gasteiger partial charge in [0, 0.05) is 33.6 Å². The second kappa shape index (κ2) is 5.26. The van der Waals surface area contributed by atoms with Crippen LogP contribution in [0.15, 0.2) is 28.6 Å². The maximum Gasteiger partial charge on any atom is 0.116 e. The summed E-state index contributed by atoms with van der Waals surface area (Å²) in [5.74, 6) is 0.618. The van der Waals surface area contributed by atoms with Crippen molar-refractivity contribution < 1.29 is 8.95 Å². The number of rotatable bonds is 4. The first-order valence-electron chi connectivity index (χ1n) is 4.84. The summed E-state index contributed by atoms with van der Waals surface area (Å²) in [5, 5.41) is 0.192. The number of ether oxygens (including phenoxy) is 1. The molecule has 0 saturated carbocycles. The van der Waals surface area contributed by atoms with Gasteiger partial charge in [-0.3, -0.25) is 9.20 Å². The van der Waals surface area contributed by atoms with E-state index >= 15 is 0 Å². The predicted octanol–water partition coefficient (Wildman–Crippen LogP) is 2.03. The molecule has 2 atom stereocenters. The van der Waals surface area contributed by atoms with Crippen molar-refractivity contribution >= 4 is 17.5 Å². The van der Waals surface area contributed by atoms with Crippen molar-refractivity contribution in [2.24, 2.45) is 4.99 Å². The van der Waals surface area contributed by atoms with E-state index in [9.17, 15) is 4.21 Å². The molecule has 0 spiro atoms. The molecule has 4 heteroatoms. The molecular formula is C11H17NO2S. The Bertz CT molecular complexity index is 333. The maximum absolute atomic E-state index is 11.4. The van der Waals surface area contributed by atoms with Crippen molar-refractivity contribution in [1.82, 2.24) is 0 Å². The number of allylic oxidation sites excluding steroid dienone is 2. The van der Waals surface area contributed by atoms with Crippen LogP contribution in [0.5, 0.6) is 0 Å². The van der Waals surface area contributed by atoms with Gasteiger partial charge in [-0.2, -0.15) is 0 Å². The highest BCUT2D eigenvalue weighted by Crippen LogP contribution is 2.32. The molecule has 0 N–H and O–H groups in total. The fourth-order valence-corrected chi connectivity index (χ4v) is 2.60. The summed E-state index contributed by atoms with van der Waals surface area (Å²) >= 11 is 0. The van der Waals surface area contributed by atoms with Gasteiger partial charge in [0.2, 0.25) is 0 Å². The van der Waals surface area contributed by atoms with Gasteiger partial charge in [0.15, 0.2) is 0 Å². The average Bonchev–Trinajstić information content (AvgIpc) is 2.27. The zero-order valence-corrected chi connectivity index (χ0v) is 10.1. The lowest BCUT2D eigenvalue weighted by molar-refractivity contribution is 0.297. The maximum atomic E-state index is 11.4. The molecule has 15 heavy (non-hydrogen) atoms. The molecule has 0 radical (unpaired) electrons. The fourth-order valence-electron chi connectivity index (χ4n) is 1.75. The number of aliphatic imine (C=N–C) groups is 1. The number of methoxy groups -OCH3 is 1. The van der Waals surface area contributed by atoms with Gasteiger partial charge in [0.25, 0.3) is 0 Å². The van der Waals surface area contributed by atoms with Gasteiger partial charge in [-0.05, 0) is 26.0 Å². The first-order chi connectivity index (χ1) is 7.10. The SMILES string of the molecule is C=NC1=C(C(=C)OC)CC(S(C)=O)CC1. The van der Waals surface area contributed by atoms with E-state index in [1.165, 1.54) is 0 Å². The number of nitrogens with zero attached hydrogens (tertiary/aromatic N) is 1. The van der Waals surface area contributed by atoms with Crippen LogP contribution < -0.4 is 0 Å². The van der Waals surface area contributed by atoms with E-state index in [0.717, 1.165) is 30.5 Å². The molecule has 0 aromatic carbocycles. The van der Waals surface area contributed by atoms with Crippen LogP contribution >= 0.6 is 0 Å². The Morgan fingerprint density at radius 3 is 2.80 bits per heavy atom. The molecule has 1 rings (SSSR count). The normalized spacial score (nSPS) is 23.5. The first-order valence-corrected chi connectivity index (χ1v) is 6.46. The molecule has 0 saturated heterocycles. The summed E-state index contributed by atoms with van der Waals surface area (Å²) in [6.45, 7) is 7.36. The minimum atomic E-state index is -0.801. The molecule has 0 aliphatic heterocycles. The van der Waals surface area contributed by atoms with E-state index in [1.54, 1.807) is 13.4 Å². The van der Waals surface area contributed by atoms with Gasteiger partial charge in [-0.15, -0.1) is 0 Å². The van der Waals surface area contributed by atoms with Crippen molar-refractivity contribution in [3.05, 3.63) is 23.6 Å². The molecule has 3 nitrogen and oxygen atoms in total. The standard InChI is InChI=1S/C11H17NO2S/c1-8(14-3)10-7-9(15(4)13)5-6-11(10)12-2/h9H,1-2,5-7H2,3-4H3. The van der Waals surface area contributed by atoms with Crippen molar-refractivity contribution in [2.45, 2.75) is 24.5 Å². The van der Waals surface area contributed by atoms with Crippen LogP contribution in [0, 0.1) is 0 Å². The Hall–Kier alpha value is -0.900. The third-order valence-electron chi connectivity index (χ3n) is 2.73. The Kier molecular flexibility index (Phi) is 4.27. The zero-order valence-electron chi connectivity index (χ0n) is 9.28. The quantitative estimate of drug-likeness (QED) is 0.544. The summed E-state index contributed by atoms with van der Waals surface area (Å²) in [6.07, 6.45) is 4.18. The fraction of sp³-hybridized carbons (Fsp3) is 0.545. The molecule has 0 amide bonds. The van der Waals surface area contributed by atoms with Gasteiger partial charge < -0.3 is 4.74 Å². The highest BCUT2D eigenvalue weighted by molar-refractivity contribution is 7.84. The summed E-state index contributed by atoms with van der Waals surface area (Å²) < 4.78 is 16.5. The summed E-state index contributed by atoms with van der Waals surface area (Å²) in [7, 11) is 0.785. The van der Waals surface area contributed by atoms with E-state index < -0.39 is 10.8 Å². The van der Waals surface area contributed by atoms with Crippen LogP contribution in [0.25, 0.3) is 0 Å². The largest absolute Gasteiger partial charge is 0.497 e. The molecule has 2 unspecified atom stereocenters. The van der Waals surface area contributed by atoms with Crippen molar-refractivity contribution in [3.8, 4) is 0 Å². The number of hydrogen-bond donors (Lipinski definition) is 0. The smallest absolute Gasteiger partial charge is 0.116 e. The van der Waals surface area contributed by atoms with Gasteiger partial charge >= 0.3 is 0 Å². The van der Waals surface area contributed by atoms with Crippen LogP contribution in [-0.2, 0) is 15.5 Å². The molecule has 1 aliphatic carbocycles. The summed E-state index contributed by atoms with van der Waals surface area (Å²) in [6, 6.07) is 0. The lowest BCUT2D eigenvalue weighted by atomic mass is 9.95. The molecular weight excluding hydrogens is 210 g/mol. The van der Waals surface area contributed by atoms with Crippen LogP contribution in [-0.4, -0.2) is 29.5 Å². The van der Waals surface area contributed by atoms with Crippen LogP contribution in [0.2, 0.25) is 0 Å². The van der Waals surface area contributed by atoms with Crippen LogP contribution in [0.1, 0.15) is 19.3 Å². The average molecular weight is 227 g/mol. The summed E-state index contributed by atoms with van der Waals surface area (Å²) in [5.41, 5.74) is 1.91. The Morgan fingerprint density at radius 1 is 1.67 bits per heavy atom. The van der Waals surface area contributed by atoms with Crippen molar-refractivity contribution in [2.75, 3.05) is 13.4 Å². The van der Waals surface area contributed by atoms with E-state index in [0.29, 0.717) is 5.76 Å². The Labute approximate surface area is 93.4 Å². The van der Waals surface area contributed by atoms with E-state index in [1.807, 2.05) is 0 Å². The molecule has 0 aromatic heterocycles.